The molecule has 1 aromatic carbocycles. The molecule has 1 atom stereocenters. The predicted octanol–water partition coefficient (Wildman–Crippen LogP) is 1.42. The minimum atomic E-state index is -0.625. The summed E-state index contributed by atoms with van der Waals surface area (Å²) in [5, 5.41) is 2.78. The molecule has 1 aliphatic rings. The van der Waals surface area contributed by atoms with Crippen molar-refractivity contribution in [1.29, 1.82) is 0 Å². The first-order valence-electron chi connectivity index (χ1n) is 4.73. The number of carbonyl (C=O) groups excluding carboxylic acids is 1. The molecule has 15 heavy (non-hydrogen) atoms. The largest absolute Gasteiger partial charge is 0.497 e. The predicted molar refractivity (Wildman–Crippen MR) is 56.0 cm³/mol. The van der Waals surface area contributed by atoms with E-state index in [-0.39, 0.29) is 5.91 Å². The second-order valence-corrected chi connectivity index (χ2v) is 3.70. The summed E-state index contributed by atoms with van der Waals surface area (Å²) in [5.74, 6) is 0.662. The Morgan fingerprint density at radius 2 is 2.07 bits per heavy atom. The second kappa shape index (κ2) is 3.55. The lowest BCUT2D eigenvalue weighted by Gasteiger charge is -2.08. The number of hydrogen-bond acceptors (Lipinski definition) is 3. The number of methoxy groups -OCH3 is 1. The van der Waals surface area contributed by atoms with Crippen LogP contribution < -0.4 is 10.1 Å². The maximum Gasteiger partial charge on any atom is 0.258 e. The van der Waals surface area contributed by atoms with Crippen molar-refractivity contribution in [3.8, 4) is 5.75 Å². The standard InChI is InChI=1S/C11H13NO3/c1-11(7-15-11)10(13)12-8-3-5-9(14-2)6-4-8/h3-6H,7H2,1-2H3,(H,12,13). The Morgan fingerprint density at radius 1 is 1.47 bits per heavy atom. The molecular formula is C11H13NO3. The zero-order valence-corrected chi connectivity index (χ0v) is 8.74. The zero-order valence-electron chi connectivity index (χ0n) is 8.74. The molecule has 0 radical (unpaired) electrons. The Balaban J connectivity index is 2.01. The first-order chi connectivity index (χ1) is 7.14. The van der Waals surface area contributed by atoms with E-state index in [0.29, 0.717) is 6.61 Å². The SMILES string of the molecule is COc1ccc(NC(=O)C2(C)CO2)cc1. The Hall–Kier alpha value is -1.55. The number of rotatable bonds is 3. The summed E-state index contributed by atoms with van der Waals surface area (Å²) in [6.45, 7) is 2.26. The van der Waals surface area contributed by atoms with Gasteiger partial charge in [0.05, 0.1) is 13.7 Å². The number of carbonyl (C=O) groups is 1. The number of nitrogens with one attached hydrogen (secondary N) is 1. The van der Waals surface area contributed by atoms with Gasteiger partial charge in [-0.05, 0) is 31.2 Å². The molecule has 1 aromatic rings. The van der Waals surface area contributed by atoms with Gasteiger partial charge in [-0.3, -0.25) is 4.79 Å². The minimum absolute atomic E-state index is 0.104. The molecule has 1 unspecified atom stereocenters. The Bertz CT molecular complexity index is 368. The van der Waals surface area contributed by atoms with E-state index in [1.807, 2.05) is 0 Å². The monoisotopic (exact) mass is 207 g/mol. The number of amides is 1. The van der Waals surface area contributed by atoms with Crippen LogP contribution in [0.2, 0.25) is 0 Å². The fourth-order valence-corrected chi connectivity index (χ4v) is 1.18. The van der Waals surface area contributed by atoms with Gasteiger partial charge in [-0.25, -0.2) is 0 Å². The molecule has 0 spiro atoms. The number of epoxide rings is 1. The van der Waals surface area contributed by atoms with Crippen molar-refractivity contribution >= 4 is 11.6 Å². The number of benzene rings is 1. The minimum Gasteiger partial charge on any atom is -0.497 e. The maximum atomic E-state index is 11.6. The molecule has 1 heterocycles. The van der Waals surface area contributed by atoms with Crippen LogP contribution in [0, 0.1) is 0 Å². The Labute approximate surface area is 88.2 Å². The molecule has 4 nitrogen and oxygen atoms in total. The molecule has 0 saturated carbocycles. The smallest absolute Gasteiger partial charge is 0.258 e. The summed E-state index contributed by atoms with van der Waals surface area (Å²) in [4.78, 5) is 11.6. The van der Waals surface area contributed by atoms with Crippen LogP contribution >= 0.6 is 0 Å². The second-order valence-electron chi connectivity index (χ2n) is 3.70. The summed E-state index contributed by atoms with van der Waals surface area (Å²) in [7, 11) is 1.60. The van der Waals surface area contributed by atoms with Crippen LogP contribution in [0.3, 0.4) is 0 Å². The van der Waals surface area contributed by atoms with E-state index in [0.717, 1.165) is 11.4 Å². The highest BCUT2D eigenvalue weighted by atomic mass is 16.6. The normalized spacial score (nSPS) is 23.3. The molecule has 0 aliphatic carbocycles. The molecule has 4 heteroatoms. The number of anilines is 1. The molecule has 1 fully saturated rings. The van der Waals surface area contributed by atoms with Gasteiger partial charge in [-0.15, -0.1) is 0 Å². The van der Waals surface area contributed by atoms with E-state index in [1.54, 1.807) is 38.3 Å². The van der Waals surface area contributed by atoms with E-state index in [9.17, 15) is 4.79 Å². The molecule has 1 aliphatic heterocycles. The van der Waals surface area contributed by atoms with E-state index >= 15 is 0 Å². The third kappa shape index (κ3) is 2.10. The van der Waals surface area contributed by atoms with E-state index in [4.69, 9.17) is 9.47 Å². The van der Waals surface area contributed by atoms with Crippen molar-refractivity contribution in [2.24, 2.45) is 0 Å². The summed E-state index contributed by atoms with van der Waals surface area (Å²) >= 11 is 0. The molecule has 0 aromatic heterocycles. The zero-order chi connectivity index (χ0) is 10.9. The van der Waals surface area contributed by atoms with Gasteiger partial charge >= 0.3 is 0 Å². The van der Waals surface area contributed by atoms with Crippen LogP contribution in [-0.4, -0.2) is 25.2 Å². The van der Waals surface area contributed by atoms with E-state index in [1.165, 1.54) is 0 Å². The van der Waals surface area contributed by atoms with Crippen molar-refractivity contribution < 1.29 is 14.3 Å². The highest BCUT2D eigenvalue weighted by Crippen LogP contribution is 2.27. The number of hydrogen-bond donors (Lipinski definition) is 1. The Morgan fingerprint density at radius 3 is 2.53 bits per heavy atom. The van der Waals surface area contributed by atoms with Gasteiger partial charge in [0.2, 0.25) is 0 Å². The highest BCUT2D eigenvalue weighted by molar-refractivity contribution is 5.98. The van der Waals surface area contributed by atoms with E-state index < -0.39 is 5.60 Å². The van der Waals surface area contributed by atoms with Gasteiger partial charge in [0.15, 0.2) is 5.60 Å². The van der Waals surface area contributed by atoms with Gasteiger partial charge in [0, 0.05) is 5.69 Å². The molecule has 2 rings (SSSR count). The van der Waals surface area contributed by atoms with Gasteiger partial charge < -0.3 is 14.8 Å². The summed E-state index contributed by atoms with van der Waals surface area (Å²) in [5.41, 5.74) is 0.123. The van der Waals surface area contributed by atoms with Gasteiger partial charge in [-0.1, -0.05) is 0 Å². The quantitative estimate of drug-likeness (QED) is 0.763. The first kappa shape index (κ1) is 9.98. The highest BCUT2D eigenvalue weighted by Gasteiger charge is 2.47. The van der Waals surface area contributed by atoms with Crippen LogP contribution in [0.25, 0.3) is 0 Å². The van der Waals surface area contributed by atoms with Crippen LogP contribution in [0.5, 0.6) is 5.75 Å². The average Bonchev–Trinajstić information content (AvgIpc) is 2.99. The summed E-state index contributed by atoms with van der Waals surface area (Å²) < 4.78 is 10.1. The molecule has 0 bridgehead atoms. The fraction of sp³-hybridized carbons (Fsp3) is 0.364. The molecule has 1 saturated heterocycles. The van der Waals surface area contributed by atoms with Gasteiger partial charge in [-0.2, -0.15) is 0 Å². The average molecular weight is 207 g/mol. The van der Waals surface area contributed by atoms with Crippen molar-refractivity contribution in [3.05, 3.63) is 24.3 Å². The number of ether oxygens (including phenoxy) is 2. The van der Waals surface area contributed by atoms with Crippen LogP contribution in [-0.2, 0) is 9.53 Å². The van der Waals surface area contributed by atoms with Crippen LogP contribution in [0.15, 0.2) is 24.3 Å². The lowest BCUT2D eigenvalue weighted by molar-refractivity contribution is -0.120. The molecular weight excluding hydrogens is 194 g/mol. The molecule has 80 valence electrons. The maximum absolute atomic E-state index is 11.6. The third-order valence-corrected chi connectivity index (χ3v) is 2.41. The topological polar surface area (TPSA) is 50.9 Å². The van der Waals surface area contributed by atoms with Crippen molar-refractivity contribution in [1.82, 2.24) is 0 Å². The first-order valence-corrected chi connectivity index (χ1v) is 4.73. The van der Waals surface area contributed by atoms with E-state index in [2.05, 4.69) is 5.32 Å². The molecule has 1 amide bonds. The van der Waals surface area contributed by atoms with Gasteiger partial charge in [0.1, 0.15) is 5.75 Å². The van der Waals surface area contributed by atoms with Crippen molar-refractivity contribution in [2.75, 3.05) is 19.0 Å². The van der Waals surface area contributed by atoms with Crippen molar-refractivity contribution in [3.63, 3.8) is 0 Å². The Kier molecular flexibility index (Phi) is 2.36. The molecule has 1 N–H and O–H groups in total. The lowest BCUT2D eigenvalue weighted by atomic mass is 10.2. The lowest BCUT2D eigenvalue weighted by Crippen LogP contribution is -2.27. The van der Waals surface area contributed by atoms with Crippen molar-refractivity contribution in [2.45, 2.75) is 12.5 Å². The van der Waals surface area contributed by atoms with Gasteiger partial charge in [0.25, 0.3) is 5.91 Å². The summed E-state index contributed by atoms with van der Waals surface area (Å²) in [6.07, 6.45) is 0. The van der Waals surface area contributed by atoms with Crippen LogP contribution in [0.1, 0.15) is 6.92 Å². The fourth-order valence-electron chi connectivity index (χ4n) is 1.18. The third-order valence-electron chi connectivity index (χ3n) is 2.41. The van der Waals surface area contributed by atoms with Crippen LogP contribution in [0.4, 0.5) is 5.69 Å². The summed E-state index contributed by atoms with van der Waals surface area (Å²) in [6, 6.07) is 7.18.